The van der Waals surface area contributed by atoms with E-state index in [-0.39, 0.29) is 0 Å². The highest BCUT2D eigenvalue weighted by Crippen LogP contribution is 2.26. The predicted octanol–water partition coefficient (Wildman–Crippen LogP) is 3.92. The quantitative estimate of drug-likeness (QED) is 0.460. The highest BCUT2D eigenvalue weighted by molar-refractivity contribution is 6.31. The lowest BCUT2D eigenvalue weighted by Crippen LogP contribution is -2.37. The van der Waals surface area contributed by atoms with E-state index < -0.39 is 0 Å². The number of nitrogens with one attached hydrogen (secondary N) is 1. The molecule has 30 heavy (non-hydrogen) atoms. The molecule has 166 valence electrons. The Kier molecular flexibility index (Phi) is 8.13. The van der Waals surface area contributed by atoms with E-state index in [1.54, 1.807) is 0 Å². The van der Waals surface area contributed by atoms with Crippen molar-refractivity contribution in [1.29, 1.82) is 0 Å². The van der Waals surface area contributed by atoms with Crippen LogP contribution in [0.3, 0.4) is 0 Å². The number of nitrogens with zero attached hydrogens (tertiary/aromatic N) is 4. The van der Waals surface area contributed by atoms with Crippen LogP contribution in [-0.2, 0) is 11.3 Å². The number of alkyl halides is 1. The van der Waals surface area contributed by atoms with Gasteiger partial charge in [0.15, 0.2) is 5.82 Å². The molecule has 0 atom stereocenters. The fourth-order valence-electron chi connectivity index (χ4n) is 4.36. The minimum atomic E-state index is 0.364. The van der Waals surface area contributed by atoms with Gasteiger partial charge in [0.25, 0.3) is 0 Å². The minimum absolute atomic E-state index is 0.364. The number of likely N-dealkylation sites (tertiary alicyclic amines) is 1. The van der Waals surface area contributed by atoms with E-state index in [9.17, 15) is 0 Å². The summed E-state index contributed by atoms with van der Waals surface area (Å²) in [6.45, 7) is 10.0. The van der Waals surface area contributed by atoms with Crippen LogP contribution >= 0.6 is 23.2 Å². The molecule has 0 aliphatic carbocycles. The molecule has 2 aliphatic heterocycles. The second-order valence-corrected chi connectivity index (χ2v) is 9.39. The van der Waals surface area contributed by atoms with E-state index in [0.717, 1.165) is 113 Å². The first-order valence-electron chi connectivity index (χ1n) is 11.3. The first kappa shape index (κ1) is 22.2. The number of ether oxygens (including phenoxy) is 1. The van der Waals surface area contributed by atoms with Crippen molar-refractivity contribution in [2.45, 2.75) is 37.6 Å². The van der Waals surface area contributed by atoms with Gasteiger partial charge in [-0.3, -0.25) is 9.58 Å². The number of aryl methyl sites for hydroxylation is 1. The van der Waals surface area contributed by atoms with Crippen LogP contribution in [0.25, 0.3) is 10.9 Å². The fourth-order valence-corrected chi connectivity index (χ4v) is 4.72. The summed E-state index contributed by atoms with van der Waals surface area (Å²) in [4.78, 5) is 4.98. The number of benzene rings is 1. The second-order valence-electron chi connectivity index (χ2n) is 8.34. The Morgan fingerprint density at radius 1 is 1.00 bits per heavy atom. The number of fused-ring (bicyclic) bond motifs is 1. The summed E-state index contributed by atoms with van der Waals surface area (Å²) in [5.74, 6) is 0.943. The van der Waals surface area contributed by atoms with Crippen LogP contribution in [0.15, 0.2) is 18.2 Å². The number of aromatic nitrogens is 2. The van der Waals surface area contributed by atoms with Gasteiger partial charge in [-0.15, -0.1) is 11.6 Å². The molecular formula is C22H33Cl2N5O. The maximum absolute atomic E-state index is 6.28. The van der Waals surface area contributed by atoms with E-state index in [0.29, 0.717) is 5.38 Å². The predicted molar refractivity (Wildman–Crippen MR) is 125 cm³/mol. The van der Waals surface area contributed by atoms with Crippen LogP contribution in [0.2, 0.25) is 5.02 Å². The van der Waals surface area contributed by atoms with Crippen molar-refractivity contribution in [3.63, 3.8) is 0 Å². The molecule has 2 fully saturated rings. The lowest BCUT2D eigenvalue weighted by atomic mass is 10.1. The van der Waals surface area contributed by atoms with Crippen molar-refractivity contribution in [2.24, 2.45) is 0 Å². The summed E-state index contributed by atoms with van der Waals surface area (Å²) in [7, 11) is 0. The number of piperidine rings is 1. The van der Waals surface area contributed by atoms with Crippen molar-refractivity contribution < 1.29 is 4.74 Å². The molecule has 1 aromatic carbocycles. The van der Waals surface area contributed by atoms with E-state index in [4.69, 9.17) is 33.0 Å². The molecule has 0 saturated carbocycles. The summed E-state index contributed by atoms with van der Waals surface area (Å²) in [5.41, 5.74) is 1.15. The molecule has 4 rings (SSSR count). The van der Waals surface area contributed by atoms with Gasteiger partial charge in [0, 0.05) is 48.5 Å². The second kappa shape index (κ2) is 11.0. The SMILES string of the molecule is Clc1ccc2c(c1)c(NCCCN1CCC(Cl)CC1)nn2CCCN1CCOCC1. The first-order chi connectivity index (χ1) is 14.7. The number of hydrogen-bond acceptors (Lipinski definition) is 5. The molecule has 0 unspecified atom stereocenters. The molecule has 6 nitrogen and oxygen atoms in total. The van der Waals surface area contributed by atoms with Gasteiger partial charge in [-0.1, -0.05) is 11.6 Å². The minimum Gasteiger partial charge on any atom is -0.379 e. The Morgan fingerprint density at radius 3 is 2.53 bits per heavy atom. The number of hydrogen-bond donors (Lipinski definition) is 1. The van der Waals surface area contributed by atoms with E-state index in [1.807, 2.05) is 12.1 Å². The monoisotopic (exact) mass is 453 g/mol. The van der Waals surface area contributed by atoms with Gasteiger partial charge in [-0.05, 0) is 63.5 Å². The van der Waals surface area contributed by atoms with Crippen molar-refractivity contribution in [1.82, 2.24) is 19.6 Å². The van der Waals surface area contributed by atoms with Gasteiger partial charge >= 0.3 is 0 Å². The Labute approximate surface area is 189 Å². The van der Waals surface area contributed by atoms with Crippen LogP contribution in [0, 0.1) is 0 Å². The standard InChI is InChI=1S/C22H33Cl2N5O/c23-18-5-11-27(12-6-18)8-1-7-25-22-20-17-19(24)3-4-21(20)29(26-22)10-2-9-28-13-15-30-16-14-28/h3-4,17-18H,1-2,5-16H2,(H,25,26). The van der Waals surface area contributed by atoms with Gasteiger partial charge in [-0.25, -0.2) is 0 Å². The molecule has 3 heterocycles. The first-order valence-corrected chi connectivity index (χ1v) is 12.1. The number of halogens is 2. The molecule has 2 saturated heterocycles. The van der Waals surface area contributed by atoms with Gasteiger partial charge in [0.1, 0.15) is 0 Å². The maximum atomic E-state index is 6.28. The van der Waals surface area contributed by atoms with E-state index >= 15 is 0 Å². The van der Waals surface area contributed by atoms with Crippen molar-refractivity contribution in [3.8, 4) is 0 Å². The molecule has 0 spiro atoms. The van der Waals surface area contributed by atoms with Gasteiger partial charge in [0.2, 0.25) is 0 Å². The van der Waals surface area contributed by atoms with E-state index in [2.05, 4.69) is 25.9 Å². The maximum Gasteiger partial charge on any atom is 0.156 e. The third kappa shape index (κ3) is 6.01. The third-order valence-electron chi connectivity index (χ3n) is 6.12. The molecule has 0 amide bonds. The highest BCUT2D eigenvalue weighted by Gasteiger charge is 2.17. The summed E-state index contributed by atoms with van der Waals surface area (Å²) < 4.78 is 7.56. The zero-order chi connectivity index (χ0) is 20.8. The lowest BCUT2D eigenvalue weighted by molar-refractivity contribution is 0.0368. The molecule has 8 heteroatoms. The van der Waals surface area contributed by atoms with Crippen LogP contribution in [0.4, 0.5) is 5.82 Å². The van der Waals surface area contributed by atoms with Gasteiger partial charge in [0.05, 0.1) is 18.7 Å². The Hall–Kier alpha value is -1.05. The molecular weight excluding hydrogens is 421 g/mol. The number of morpholine rings is 1. The molecule has 2 aromatic rings. The van der Waals surface area contributed by atoms with Crippen LogP contribution in [-0.4, -0.2) is 84.0 Å². The summed E-state index contributed by atoms with van der Waals surface area (Å²) in [6, 6.07) is 6.06. The highest BCUT2D eigenvalue weighted by atomic mass is 35.5. The average molecular weight is 454 g/mol. The fraction of sp³-hybridized carbons (Fsp3) is 0.682. The Balaban J connectivity index is 1.31. The van der Waals surface area contributed by atoms with E-state index in [1.165, 1.54) is 0 Å². The summed E-state index contributed by atoms with van der Waals surface area (Å²) >= 11 is 12.5. The van der Waals surface area contributed by atoms with Crippen LogP contribution in [0.5, 0.6) is 0 Å². The van der Waals surface area contributed by atoms with Crippen LogP contribution < -0.4 is 5.32 Å². The normalized spacial score (nSPS) is 19.5. The summed E-state index contributed by atoms with van der Waals surface area (Å²) in [6.07, 6.45) is 4.38. The molecule has 1 aromatic heterocycles. The molecule has 0 bridgehead atoms. The third-order valence-corrected chi connectivity index (χ3v) is 6.79. The smallest absolute Gasteiger partial charge is 0.156 e. The largest absolute Gasteiger partial charge is 0.379 e. The summed E-state index contributed by atoms with van der Waals surface area (Å²) in [5, 5.41) is 10.7. The van der Waals surface area contributed by atoms with Crippen molar-refractivity contribution in [3.05, 3.63) is 23.2 Å². The van der Waals surface area contributed by atoms with Crippen LogP contribution in [0.1, 0.15) is 25.7 Å². The molecule has 2 aliphatic rings. The molecule has 1 N–H and O–H groups in total. The number of anilines is 1. The Bertz CT molecular complexity index is 800. The van der Waals surface area contributed by atoms with Gasteiger partial charge < -0.3 is 15.0 Å². The zero-order valence-electron chi connectivity index (χ0n) is 17.7. The lowest BCUT2D eigenvalue weighted by Gasteiger charge is -2.29. The average Bonchev–Trinajstić information content (AvgIpc) is 3.10. The van der Waals surface area contributed by atoms with Gasteiger partial charge in [-0.2, -0.15) is 5.10 Å². The molecule has 0 radical (unpaired) electrons. The topological polar surface area (TPSA) is 45.6 Å². The zero-order valence-corrected chi connectivity index (χ0v) is 19.2. The Morgan fingerprint density at radius 2 is 1.73 bits per heavy atom. The van der Waals surface area contributed by atoms with Crippen molar-refractivity contribution in [2.75, 3.05) is 64.3 Å². The number of rotatable bonds is 9. The van der Waals surface area contributed by atoms with Crippen molar-refractivity contribution >= 4 is 39.9 Å².